The molecule has 0 spiro atoms. The van der Waals surface area contributed by atoms with E-state index < -0.39 is 0 Å². The molecule has 0 unspecified atom stereocenters. The van der Waals surface area contributed by atoms with Gasteiger partial charge in [0.15, 0.2) is 0 Å². The summed E-state index contributed by atoms with van der Waals surface area (Å²) < 4.78 is 8.99. The number of hydrogen-bond acceptors (Lipinski definition) is 4. The minimum atomic E-state index is 0.0922. The van der Waals surface area contributed by atoms with E-state index in [4.69, 9.17) is 44.5 Å². The third-order valence-corrected chi connectivity index (χ3v) is 5.23. The number of nitrogen functional groups attached to an aromatic ring is 2. The highest BCUT2D eigenvalue weighted by Gasteiger charge is 2.09. The molecule has 154 valence electrons. The Hall–Kier alpha value is -2.38. The molecule has 0 bridgehead atoms. The van der Waals surface area contributed by atoms with Crippen molar-refractivity contribution < 1.29 is 9.84 Å². The minimum absolute atomic E-state index is 0.0922. The van der Waals surface area contributed by atoms with Gasteiger partial charge in [-0.3, -0.25) is 0 Å². The lowest BCUT2D eigenvalue weighted by Crippen LogP contribution is -2.02. The molecule has 8 heteroatoms. The molecule has 0 saturated carbocycles. The molecule has 4 rings (SSSR count). The molecule has 0 aliphatic rings. The van der Waals surface area contributed by atoms with E-state index in [0.717, 1.165) is 28.4 Å². The Morgan fingerprint density at radius 3 is 1.79 bits per heavy atom. The maximum atomic E-state index is 8.86. The second-order valence-electron chi connectivity index (χ2n) is 6.54. The zero-order valence-corrected chi connectivity index (χ0v) is 17.6. The third-order valence-electron chi connectivity index (χ3n) is 4.66. The van der Waals surface area contributed by atoms with Crippen LogP contribution in [0, 0.1) is 0 Å². The van der Waals surface area contributed by atoms with Crippen LogP contribution >= 0.6 is 23.2 Å². The smallest absolute Gasteiger partial charge is 0.0682 e. The van der Waals surface area contributed by atoms with Crippen LogP contribution in [0.4, 0.5) is 11.4 Å². The first-order valence-corrected chi connectivity index (χ1v) is 9.89. The Kier molecular flexibility index (Phi) is 6.92. The Bertz CT molecular complexity index is 1120. The SMILES string of the molecule is COCCn1cc(Cl)c2c(N)cccc21.Nc1cccc2c1c(Cl)cn2CCO. The number of halogens is 2. The van der Waals surface area contributed by atoms with Crippen molar-refractivity contribution in [2.24, 2.45) is 0 Å². The van der Waals surface area contributed by atoms with Crippen molar-refractivity contribution in [2.75, 3.05) is 31.8 Å². The van der Waals surface area contributed by atoms with Gasteiger partial charge in [0.25, 0.3) is 0 Å². The molecule has 5 N–H and O–H groups in total. The van der Waals surface area contributed by atoms with Gasteiger partial charge in [-0.2, -0.15) is 0 Å². The third kappa shape index (κ3) is 4.46. The molecule has 6 nitrogen and oxygen atoms in total. The maximum Gasteiger partial charge on any atom is 0.0682 e. The van der Waals surface area contributed by atoms with Crippen LogP contribution in [0.5, 0.6) is 0 Å². The Morgan fingerprint density at radius 1 is 0.862 bits per heavy atom. The highest BCUT2D eigenvalue weighted by molar-refractivity contribution is 6.37. The molecule has 0 aliphatic carbocycles. The summed E-state index contributed by atoms with van der Waals surface area (Å²) in [5.41, 5.74) is 15.1. The van der Waals surface area contributed by atoms with E-state index >= 15 is 0 Å². The summed E-state index contributed by atoms with van der Waals surface area (Å²) in [6.45, 7) is 2.07. The van der Waals surface area contributed by atoms with E-state index in [1.54, 1.807) is 13.3 Å². The van der Waals surface area contributed by atoms with Gasteiger partial charge in [0.05, 0.1) is 34.3 Å². The molecule has 0 radical (unpaired) electrons. The Labute approximate surface area is 179 Å². The monoisotopic (exact) mass is 434 g/mol. The first kappa shape index (κ1) is 21.3. The molecule has 0 saturated heterocycles. The van der Waals surface area contributed by atoms with Crippen molar-refractivity contribution in [1.29, 1.82) is 0 Å². The highest BCUT2D eigenvalue weighted by atomic mass is 35.5. The molecule has 2 heterocycles. The number of nitrogens with two attached hydrogens (primary N) is 2. The standard InChI is InChI=1S/C11H13ClN2O.C10H11ClN2O/c1-15-6-5-14-7-8(12)11-9(13)3-2-4-10(11)14;11-7-6-13(4-5-14)9-3-1-2-8(12)10(7)9/h2-4,7H,5-6,13H2,1H3;1-3,6,14H,4-5,12H2. The van der Waals surface area contributed by atoms with Crippen molar-refractivity contribution in [2.45, 2.75) is 13.1 Å². The van der Waals surface area contributed by atoms with Crippen LogP contribution in [0.25, 0.3) is 21.8 Å². The second-order valence-corrected chi connectivity index (χ2v) is 7.35. The van der Waals surface area contributed by atoms with Gasteiger partial charge in [-0.25, -0.2) is 0 Å². The van der Waals surface area contributed by atoms with Crippen LogP contribution < -0.4 is 11.5 Å². The number of nitrogens with zero attached hydrogens (tertiary/aromatic N) is 2. The average Bonchev–Trinajstić information content (AvgIpc) is 3.20. The summed E-state index contributed by atoms with van der Waals surface area (Å²) in [4.78, 5) is 0. The van der Waals surface area contributed by atoms with Crippen LogP contribution in [0.15, 0.2) is 48.8 Å². The summed E-state index contributed by atoms with van der Waals surface area (Å²) in [5, 5.41) is 12.0. The van der Waals surface area contributed by atoms with Crippen LogP contribution in [-0.4, -0.2) is 34.6 Å². The fourth-order valence-corrected chi connectivity index (χ4v) is 3.97. The van der Waals surface area contributed by atoms with Gasteiger partial charge in [0.1, 0.15) is 0 Å². The maximum absolute atomic E-state index is 8.86. The molecule has 0 aliphatic heterocycles. The number of aliphatic hydroxyl groups excluding tert-OH is 1. The van der Waals surface area contributed by atoms with E-state index in [0.29, 0.717) is 34.6 Å². The predicted molar refractivity (Wildman–Crippen MR) is 122 cm³/mol. The lowest BCUT2D eigenvalue weighted by Gasteiger charge is -2.04. The highest BCUT2D eigenvalue weighted by Crippen LogP contribution is 2.31. The van der Waals surface area contributed by atoms with E-state index in [1.807, 2.05) is 47.2 Å². The van der Waals surface area contributed by atoms with Gasteiger partial charge >= 0.3 is 0 Å². The molecule has 2 aromatic heterocycles. The molecule has 0 amide bonds. The zero-order valence-electron chi connectivity index (χ0n) is 16.1. The minimum Gasteiger partial charge on any atom is -0.398 e. The molecular formula is C21H24Cl2N4O2. The Morgan fingerprint density at radius 2 is 1.34 bits per heavy atom. The largest absolute Gasteiger partial charge is 0.398 e. The van der Waals surface area contributed by atoms with Crippen LogP contribution in [0.3, 0.4) is 0 Å². The van der Waals surface area contributed by atoms with Crippen molar-refractivity contribution in [3.8, 4) is 0 Å². The molecular weight excluding hydrogens is 411 g/mol. The van der Waals surface area contributed by atoms with Gasteiger partial charge in [0, 0.05) is 54.7 Å². The second kappa shape index (κ2) is 9.41. The number of ether oxygens (including phenoxy) is 1. The number of anilines is 2. The zero-order chi connectivity index (χ0) is 21.0. The summed E-state index contributed by atoms with van der Waals surface area (Å²) in [7, 11) is 1.68. The summed E-state index contributed by atoms with van der Waals surface area (Å²) in [6.07, 6.45) is 3.68. The number of aromatic nitrogens is 2. The number of hydrogen-bond donors (Lipinski definition) is 3. The Balaban J connectivity index is 0.000000166. The van der Waals surface area contributed by atoms with Gasteiger partial charge in [-0.1, -0.05) is 35.3 Å². The van der Waals surface area contributed by atoms with Crippen molar-refractivity contribution in [3.05, 3.63) is 58.8 Å². The normalized spacial score (nSPS) is 11.0. The van der Waals surface area contributed by atoms with Gasteiger partial charge in [-0.05, 0) is 24.3 Å². The topological polar surface area (TPSA) is 91.4 Å². The van der Waals surface area contributed by atoms with E-state index in [-0.39, 0.29) is 6.61 Å². The summed E-state index contributed by atoms with van der Waals surface area (Å²) >= 11 is 12.2. The van der Waals surface area contributed by atoms with Crippen molar-refractivity contribution in [1.82, 2.24) is 9.13 Å². The van der Waals surface area contributed by atoms with E-state index in [9.17, 15) is 0 Å². The first-order valence-electron chi connectivity index (χ1n) is 9.13. The molecule has 29 heavy (non-hydrogen) atoms. The number of rotatable bonds is 5. The van der Waals surface area contributed by atoms with Crippen LogP contribution in [-0.2, 0) is 17.8 Å². The molecule has 0 atom stereocenters. The molecule has 2 aromatic carbocycles. The van der Waals surface area contributed by atoms with E-state index in [2.05, 4.69) is 4.57 Å². The van der Waals surface area contributed by atoms with Crippen LogP contribution in [0.1, 0.15) is 0 Å². The fourth-order valence-electron chi connectivity index (χ4n) is 3.32. The summed E-state index contributed by atoms with van der Waals surface area (Å²) in [5.74, 6) is 0. The lowest BCUT2D eigenvalue weighted by molar-refractivity contribution is 0.188. The van der Waals surface area contributed by atoms with Crippen molar-refractivity contribution >= 4 is 56.4 Å². The number of benzene rings is 2. The quantitative estimate of drug-likeness (QED) is 0.406. The molecule has 0 fully saturated rings. The lowest BCUT2D eigenvalue weighted by atomic mass is 10.2. The number of aliphatic hydroxyl groups is 1. The van der Waals surface area contributed by atoms with Gasteiger partial charge in [-0.15, -0.1) is 0 Å². The van der Waals surface area contributed by atoms with Gasteiger partial charge < -0.3 is 30.4 Å². The molecule has 4 aromatic rings. The number of methoxy groups -OCH3 is 1. The van der Waals surface area contributed by atoms with Crippen LogP contribution in [0.2, 0.25) is 10.0 Å². The first-order chi connectivity index (χ1) is 14.0. The average molecular weight is 435 g/mol. The van der Waals surface area contributed by atoms with Gasteiger partial charge in [0.2, 0.25) is 0 Å². The fraction of sp³-hybridized carbons (Fsp3) is 0.238. The van der Waals surface area contributed by atoms with E-state index in [1.165, 1.54) is 0 Å². The summed E-state index contributed by atoms with van der Waals surface area (Å²) in [6, 6.07) is 11.4. The predicted octanol–water partition coefficient (Wildman–Crippen LogP) is 4.39. The van der Waals surface area contributed by atoms with Crippen molar-refractivity contribution in [3.63, 3.8) is 0 Å². The number of fused-ring (bicyclic) bond motifs is 2.